The number of anilines is 1. The molecule has 0 aromatic heterocycles. The van der Waals surface area contributed by atoms with Gasteiger partial charge < -0.3 is 5.73 Å². The Hall–Kier alpha value is -0.590. The van der Waals surface area contributed by atoms with Crippen molar-refractivity contribution in [3.8, 4) is 0 Å². The third-order valence-corrected chi connectivity index (χ3v) is 6.03. The van der Waals surface area contributed by atoms with Crippen LogP contribution in [0.25, 0.3) is 0 Å². The van der Waals surface area contributed by atoms with Crippen molar-refractivity contribution in [3.63, 3.8) is 0 Å². The second-order valence-corrected chi connectivity index (χ2v) is 8.41. The maximum atomic E-state index is 12.4. The van der Waals surface area contributed by atoms with E-state index in [1.807, 2.05) is 0 Å². The molecule has 0 heterocycles. The molecule has 20 heavy (non-hydrogen) atoms. The van der Waals surface area contributed by atoms with Crippen LogP contribution in [0.4, 0.5) is 5.69 Å². The van der Waals surface area contributed by atoms with Gasteiger partial charge in [0.15, 0.2) is 0 Å². The summed E-state index contributed by atoms with van der Waals surface area (Å²) in [6.45, 7) is 4.46. The van der Waals surface area contributed by atoms with Crippen LogP contribution in [-0.4, -0.2) is 15.0 Å². The standard InChI is InChI=1S/C14H21BrN2O2S/c1-9-3-4-11(5-9)8-17-20(18,19)14-7-12(15)6-13(16)10(14)2/h6-7,9,11,17H,3-5,8,16H2,1-2H3. The molecule has 0 saturated heterocycles. The lowest BCUT2D eigenvalue weighted by molar-refractivity contribution is 0.498. The predicted octanol–water partition coefficient (Wildman–Crippen LogP) is 3.05. The molecule has 1 aliphatic rings. The number of hydrogen-bond donors (Lipinski definition) is 2. The van der Waals surface area contributed by atoms with Crippen molar-refractivity contribution in [1.82, 2.24) is 4.72 Å². The third-order valence-electron chi connectivity index (χ3n) is 4.02. The average molecular weight is 361 g/mol. The Morgan fingerprint density at radius 2 is 2.10 bits per heavy atom. The van der Waals surface area contributed by atoms with Gasteiger partial charge in [-0.2, -0.15) is 0 Å². The number of nitrogens with two attached hydrogens (primary N) is 1. The molecule has 2 rings (SSSR count). The van der Waals surface area contributed by atoms with Gasteiger partial charge >= 0.3 is 0 Å². The van der Waals surface area contributed by atoms with Crippen LogP contribution in [0.5, 0.6) is 0 Å². The van der Waals surface area contributed by atoms with Crippen LogP contribution in [0.15, 0.2) is 21.5 Å². The van der Waals surface area contributed by atoms with Crippen molar-refractivity contribution < 1.29 is 8.42 Å². The van der Waals surface area contributed by atoms with Crippen molar-refractivity contribution >= 4 is 31.6 Å². The molecule has 2 unspecified atom stereocenters. The van der Waals surface area contributed by atoms with E-state index in [4.69, 9.17) is 5.73 Å². The summed E-state index contributed by atoms with van der Waals surface area (Å²) in [5.41, 5.74) is 6.91. The molecule has 0 amide bonds. The van der Waals surface area contributed by atoms with E-state index in [-0.39, 0.29) is 4.90 Å². The fourth-order valence-corrected chi connectivity index (χ4v) is 4.81. The number of hydrogen-bond acceptors (Lipinski definition) is 3. The van der Waals surface area contributed by atoms with E-state index in [1.165, 1.54) is 6.42 Å². The smallest absolute Gasteiger partial charge is 0.240 e. The normalized spacial score (nSPS) is 23.1. The van der Waals surface area contributed by atoms with Gasteiger partial charge in [0.25, 0.3) is 0 Å². The Morgan fingerprint density at radius 3 is 2.70 bits per heavy atom. The zero-order valence-corrected chi connectivity index (χ0v) is 14.2. The van der Waals surface area contributed by atoms with Crippen molar-refractivity contribution in [1.29, 1.82) is 0 Å². The highest BCUT2D eigenvalue weighted by Crippen LogP contribution is 2.30. The molecule has 1 fully saturated rings. The van der Waals surface area contributed by atoms with E-state index in [0.717, 1.165) is 12.8 Å². The lowest BCUT2D eigenvalue weighted by Crippen LogP contribution is -2.29. The summed E-state index contributed by atoms with van der Waals surface area (Å²) in [6, 6.07) is 3.32. The molecule has 1 aromatic rings. The van der Waals surface area contributed by atoms with Gasteiger partial charge in [-0.25, -0.2) is 13.1 Å². The fourth-order valence-electron chi connectivity index (χ4n) is 2.77. The van der Waals surface area contributed by atoms with Crippen molar-refractivity contribution in [3.05, 3.63) is 22.2 Å². The van der Waals surface area contributed by atoms with Gasteiger partial charge in [-0.1, -0.05) is 29.3 Å². The fraction of sp³-hybridized carbons (Fsp3) is 0.571. The lowest BCUT2D eigenvalue weighted by atomic mass is 10.1. The number of benzene rings is 1. The maximum absolute atomic E-state index is 12.4. The summed E-state index contributed by atoms with van der Waals surface area (Å²) in [4.78, 5) is 0.260. The molecule has 3 N–H and O–H groups in total. The van der Waals surface area contributed by atoms with Crippen LogP contribution < -0.4 is 10.5 Å². The second-order valence-electron chi connectivity index (χ2n) is 5.75. The average Bonchev–Trinajstić information content (AvgIpc) is 2.77. The van der Waals surface area contributed by atoms with Gasteiger partial charge in [0.2, 0.25) is 10.0 Å². The molecular formula is C14H21BrN2O2S. The van der Waals surface area contributed by atoms with Gasteiger partial charge in [0, 0.05) is 16.7 Å². The Morgan fingerprint density at radius 1 is 1.40 bits per heavy atom. The van der Waals surface area contributed by atoms with E-state index in [9.17, 15) is 8.42 Å². The minimum atomic E-state index is -3.50. The van der Waals surface area contributed by atoms with Crippen LogP contribution in [0, 0.1) is 18.8 Å². The highest BCUT2D eigenvalue weighted by molar-refractivity contribution is 9.10. The monoisotopic (exact) mass is 360 g/mol. The number of nitrogens with one attached hydrogen (secondary N) is 1. The predicted molar refractivity (Wildman–Crippen MR) is 85.0 cm³/mol. The van der Waals surface area contributed by atoms with E-state index in [2.05, 4.69) is 27.6 Å². The van der Waals surface area contributed by atoms with Crippen molar-refractivity contribution in [2.75, 3.05) is 12.3 Å². The summed E-state index contributed by atoms with van der Waals surface area (Å²) in [5.74, 6) is 1.15. The Labute approximate surface area is 129 Å². The first-order valence-corrected chi connectivity index (χ1v) is 9.12. The molecule has 0 bridgehead atoms. The maximum Gasteiger partial charge on any atom is 0.240 e. The number of halogens is 1. The molecule has 0 radical (unpaired) electrons. The minimum Gasteiger partial charge on any atom is -0.398 e. The van der Waals surface area contributed by atoms with Crippen LogP contribution >= 0.6 is 15.9 Å². The first-order chi connectivity index (χ1) is 9.29. The second kappa shape index (κ2) is 6.03. The van der Waals surface area contributed by atoms with Crippen molar-refractivity contribution in [2.45, 2.75) is 38.0 Å². The molecule has 4 nitrogen and oxygen atoms in total. The quantitative estimate of drug-likeness (QED) is 0.810. The molecule has 1 saturated carbocycles. The SMILES string of the molecule is Cc1c(N)cc(Br)cc1S(=O)(=O)NCC1CCC(C)C1. The number of nitrogen functional groups attached to an aromatic ring is 1. The zero-order chi connectivity index (χ0) is 14.9. The molecule has 112 valence electrons. The van der Waals surface area contributed by atoms with E-state index < -0.39 is 10.0 Å². The van der Waals surface area contributed by atoms with Crippen molar-refractivity contribution in [2.24, 2.45) is 11.8 Å². The zero-order valence-electron chi connectivity index (χ0n) is 11.8. The molecule has 2 atom stereocenters. The van der Waals surface area contributed by atoms with E-state index in [1.54, 1.807) is 19.1 Å². The Kier molecular flexibility index (Phi) is 4.76. The molecule has 0 spiro atoms. The molecule has 0 aliphatic heterocycles. The summed E-state index contributed by atoms with van der Waals surface area (Å²) in [5, 5.41) is 0. The number of rotatable bonds is 4. The van der Waals surface area contributed by atoms with Gasteiger partial charge in [0.05, 0.1) is 4.90 Å². The number of sulfonamides is 1. The highest BCUT2D eigenvalue weighted by Gasteiger charge is 2.24. The van der Waals surface area contributed by atoms with Gasteiger partial charge in [-0.05, 0) is 49.3 Å². The third kappa shape index (κ3) is 3.54. The first kappa shape index (κ1) is 15.8. The molecule has 6 heteroatoms. The lowest BCUT2D eigenvalue weighted by Gasteiger charge is -2.14. The minimum absolute atomic E-state index is 0.260. The molecule has 1 aliphatic carbocycles. The van der Waals surface area contributed by atoms with Crippen LogP contribution in [-0.2, 0) is 10.0 Å². The summed E-state index contributed by atoms with van der Waals surface area (Å²) < 4.78 is 28.2. The van der Waals surface area contributed by atoms with E-state index >= 15 is 0 Å². The van der Waals surface area contributed by atoms with Gasteiger partial charge in [-0.15, -0.1) is 0 Å². The summed E-state index contributed by atoms with van der Waals surface area (Å²) >= 11 is 3.29. The van der Waals surface area contributed by atoms with Crippen LogP contribution in [0.2, 0.25) is 0 Å². The Balaban J connectivity index is 2.14. The largest absolute Gasteiger partial charge is 0.398 e. The van der Waals surface area contributed by atoms with Gasteiger partial charge in [-0.3, -0.25) is 0 Å². The van der Waals surface area contributed by atoms with Crippen LogP contribution in [0.1, 0.15) is 31.7 Å². The van der Waals surface area contributed by atoms with E-state index in [0.29, 0.717) is 34.1 Å². The summed E-state index contributed by atoms with van der Waals surface area (Å²) in [6.07, 6.45) is 3.39. The van der Waals surface area contributed by atoms with Gasteiger partial charge in [0.1, 0.15) is 0 Å². The Bertz CT molecular complexity index is 601. The highest BCUT2D eigenvalue weighted by atomic mass is 79.9. The molecular weight excluding hydrogens is 340 g/mol. The molecule has 1 aromatic carbocycles. The van der Waals surface area contributed by atoms with Crippen LogP contribution in [0.3, 0.4) is 0 Å². The topological polar surface area (TPSA) is 72.2 Å². The first-order valence-electron chi connectivity index (χ1n) is 6.85. The summed E-state index contributed by atoms with van der Waals surface area (Å²) in [7, 11) is -3.50.